The number of fused-ring (bicyclic) bond motifs is 3. The normalized spacial score (nSPS) is 13.9. The molecule has 0 bridgehead atoms. The van der Waals surface area contributed by atoms with E-state index in [4.69, 9.17) is 4.74 Å². The molecule has 2 aromatic carbocycles. The zero-order valence-electron chi connectivity index (χ0n) is 17.3. The molecule has 0 aliphatic carbocycles. The average Bonchev–Trinajstić information content (AvgIpc) is 2.81. The van der Waals surface area contributed by atoms with Crippen molar-refractivity contribution in [2.45, 2.75) is 23.3 Å². The third-order valence-electron chi connectivity index (χ3n) is 5.38. The summed E-state index contributed by atoms with van der Waals surface area (Å²) in [6.45, 7) is 1.58. The van der Waals surface area contributed by atoms with Gasteiger partial charge in [0, 0.05) is 23.4 Å². The fourth-order valence-corrected chi connectivity index (χ4v) is 5.44. The Hall–Kier alpha value is -4.11. The summed E-state index contributed by atoms with van der Waals surface area (Å²) in [4.78, 5) is 41.6. The van der Waals surface area contributed by atoms with Gasteiger partial charge in [0.15, 0.2) is 5.78 Å². The van der Waals surface area contributed by atoms with Gasteiger partial charge >= 0.3 is 5.97 Å². The summed E-state index contributed by atoms with van der Waals surface area (Å²) in [6, 6.07) is 14.5. The lowest BCUT2D eigenvalue weighted by atomic mass is 10.0. The molecular formula is C24H16N2O6S. The molecule has 0 unspecified atom stereocenters. The number of aromatic nitrogens is 2. The molecule has 0 saturated carbocycles. The molecule has 1 aliphatic heterocycles. The van der Waals surface area contributed by atoms with Crippen LogP contribution in [0.5, 0.6) is 0 Å². The maximum Gasteiger partial charge on any atom is 0.338 e. The summed E-state index contributed by atoms with van der Waals surface area (Å²) in [6.07, 6.45) is 1.66. The molecule has 0 atom stereocenters. The standard InChI is InChI=1S/C24H16N2O6S/c1-14-6-9-21-25-16(11-22(27)26(21)12-14)13-32-24(29)15-7-8-18-20(10-15)33(30,31)19-5-3-2-4-17(19)23(18)28/h2-12H,13H2,1H3. The number of aryl methyl sites for hydroxylation is 1. The first kappa shape index (κ1) is 20.8. The van der Waals surface area contributed by atoms with Crippen LogP contribution >= 0.6 is 0 Å². The van der Waals surface area contributed by atoms with E-state index in [1.807, 2.05) is 13.0 Å². The Kier molecular flexibility index (Phi) is 4.71. The van der Waals surface area contributed by atoms with E-state index in [0.717, 1.165) is 11.6 Å². The molecule has 33 heavy (non-hydrogen) atoms. The second-order valence-corrected chi connectivity index (χ2v) is 9.52. The number of hydrogen-bond donors (Lipinski definition) is 0. The lowest BCUT2D eigenvalue weighted by molar-refractivity contribution is 0.0467. The predicted octanol–water partition coefficient (Wildman–Crippen LogP) is 2.74. The van der Waals surface area contributed by atoms with Crippen molar-refractivity contribution in [3.8, 4) is 0 Å². The smallest absolute Gasteiger partial charge is 0.338 e. The van der Waals surface area contributed by atoms with Gasteiger partial charge in [0.1, 0.15) is 12.3 Å². The van der Waals surface area contributed by atoms with Crippen molar-refractivity contribution in [2.75, 3.05) is 0 Å². The Balaban J connectivity index is 1.44. The van der Waals surface area contributed by atoms with Crippen LogP contribution < -0.4 is 5.56 Å². The summed E-state index contributed by atoms with van der Waals surface area (Å²) in [5, 5.41) is 0. The van der Waals surface area contributed by atoms with Gasteiger partial charge in [-0.05, 0) is 48.9 Å². The topological polar surface area (TPSA) is 112 Å². The van der Waals surface area contributed by atoms with E-state index >= 15 is 0 Å². The van der Waals surface area contributed by atoms with Gasteiger partial charge in [-0.15, -0.1) is 0 Å². The maximum atomic E-state index is 13.0. The molecule has 0 spiro atoms. The van der Waals surface area contributed by atoms with Crippen molar-refractivity contribution < 1.29 is 22.7 Å². The van der Waals surface area contributed by atoms with Crippen molar-refractivity contribution in [1.82, 2.24) is 9.38 Å². The molecule has 8 nitrogen and oxygen atoms in total. The van der Waals surface area contributed by atoms with Gasteiger partial charge in [-0.2, -0.15) is 0 Å². The minimum Gasteiger partial charge on any atom is -0.456 e. The molecule has 164 valence electrons. The average molecular weight is 460 g/mol. The number of benzene rings is 2. The number of hydrogen-bond acceptors (Lipinski definition) is 7. The van der Waals surface area contributed by atoms with E-state index in [1.54, 1.807) is 18.3 Å². The highest BCUT2D eigenvalue weighted by Crippen LogP contribution is 2.34. The quantitative estimate of drug-likeness (QED) is 0.381. The number of rotatable bonds is 3. The molecular weight excluding hydrogens is 444 g/mol. The molecule has 0 fully saturated rings. The van der Waals surface area contributed by atoms with Crippen LogP contribution in [0.15, 0.2) is 81.4 Å². The van der Waals surface area contributed by atoms with Crippen LogP contribution in [-0.2, 0) is 21.2 Å². The number of carbonyl (C=O) groups is 2. The first-order chi connectivity index (χ1) is 15.8. The van der Waals surface area contributed by atoms with Crippen molar-refractivity contribution in [3.05, 3.63) is 105 Å². The SMILES string of the molecule is Cc1ccc2nc(COC(=O)c3ccc4c(c3)S(=O)(=O)c3ccccc3C4=O)cc(=O)n2c1. The Bertz CT molecular complexity index is 1650. The van der Waals surface area contributed by atoms with Gasteiger partial charge in [0.05, 0.1) is 21.0 Å². The Labute approximate surface area is 188 Å². The minimum atomic E-state index is -3.98. The monoisotopic (exact) mass is 460 g/mol. The van der Waals surface area contributed by atoms with Crippen LogP contribution in [0.2, 0.25) is 0 Å². The van der Waals surface area contributed by atoms with Gasteiger partial charge in [-0.25, -0.2) is 18.2 Å². The van der Waals surface area contributed by atoms with Crippen LogP contribution in [0.25, 0.3) is 5.65 Å². The summed E-state index contributed by atoms with van der Waals surface area (Å²) in [5.41, 5.74) is 1.33. The van der Waals surface area contributed by atoms with Crippen molar-refractivity contribution in [2.24, 2.45) is 0 Å². The van der Waals surface area contributed by atoms with Gasteiger partial charge in [0.2, 0.25) is 9.84 Å². The van der Waals surface area contributed by atoms with Gasteiger partial charge in [0.25, 0.3) is 5.56 Å². The summed E-state index contributed by atoms with van der Waals surface area (Å²) in [7, 11) is -3.98. The van der Waals surface area contributed by atoms with Gasteiger partial charge < -0.3 is 4.74 Å². The highest BCUT2D eigenvalue weighted by atomic mass is 32.2. The van der Waals surface area contributed by atoms with E-state index in [1.165, 1.54) is 40.8 Å². The molecule has 0 radical (unpaired) electrons. The van der Waals surface area contributed by atoms with Crippen LogP contribution in [0.1, 0.15) is 37.5 Å². The molecule has 0 saturated heterocycles. The van der Waals surface area contributed by atoms with Crippen LogP contribution in [0, 0.1) is 6.92 Å². The van der Waals surface area contributed by atoms with E-state index in [-0.39, 0.29) is 44.3 Å². The second-order valence-electron chi connectivity index (χ2n) is 7.64. The lowest BCUT2D eigenvalue weighted by Gasteiger charge is -2.19. The van der Waals surface area contributed by atoms with E-state index in [2.05, 4.69) is 4.98 Å². The molecule has 4 aromatic rings. The molecule has 2 aromatic heterocycles. The largest absolute Gasteiger partial charge is 0.456 e. The molecule has 9 heteroatoms. The summed E-state index contributed by atoms with van der Waals surface area (Å²) in [5.74, 6) is -1.23. The first-order valence-electron chi connectivity index (χ1n) is 9.95. The van der Waals surface area contributed by atoms with Crippen molar-refractivity contribution in [1.29, 1.82) is 0 Å². The molecule has 5 rings (SSSR count). The van der Waals surface area contributed by atoms with Crippen LogP contribution in [0.4, 0.5) is 0 Å². The first-order valence-corrected chi connectivity index (χ1v) is 11.4. The molecule has 1 aliphatic rings. The van der Waals surface area contributed by atoms with Crippen LogP contribution in [0.3, 0.4) is 0 Å². The van der Waals surface area contributed by atoms with Gasteiger partial charge in [-0.1, -0.05) is 18.2 Å². The van der Waals surface area contributed by atoms with E-state index in [0.29, 0.717) is 5.65 Å². The zero-order valence-corrected chi connectivity index (χ0v) is 18.1. The Morgan fingerprint density at radius 2 is 1.73 bits per heavy atom. The van der Waals surface area contributed by atoms with Gasteiger partial charge in [-0.3, -0.25) is 14.0 Å². The number of nitrogens with zero attached hydrogens (tertiary/aromatic N) is 2. The summed E-state index contributed by atoms with van der Waals surface area (Å²) >= 11 is 0. The number of pyridine rings is 1. The Morgan fingerprint density at radius 1 is 0.970 bits per heavy atom. The molecule has 0 N–H and O–H groups in total. The van der Waals surface area contributed by atoms with E-state index < -0.39 is 21.6 Å². The fraction of sp³-hybridized carbons (Fsp3) is 0.0833. The fourth-order valence-electron chi connectivity index (χ4n) is 3.77. The number of sulfone groups is 1. The highest BCUT2D eigenvalue weighted by molar-refractivity contribution is 7.91. The lowest BCUT2D eigenvalue weighted by Crippen LogP contribution is -2.21. The third-order valence-corrected chi connectivity index (χ3v) is 7.24. The maximum absolute atomic E-state index is 13.0. The van der Waals surface area contributed by atoms with Crippen LogP contribution in [-0.4, -0.2) is 29.6 Å². The minimum absolute atomic E-state index is 0.00441. The Morgan fingerprint density at radius 3 is 2.55 bits per heavy atom. The second kappa shape index (κ2) is 7.49. The number of ether oxygens (including phenoxy) is 1. The van der Waals surface area contributed by atoms with Crippen molar-refractivity contribution in [3.63, 3.8) is 0 Å². The predicted molar refractivity (Wildman–Crippen MR) is 117 cm³/mol. The molecule has 0 amide bonds. The van der Waals surface area contributed by atoms with E-state index in [9.17, 15) is 22.8 Å². The third kappa shape index (κ3) is 3.42. The number of esters is 1. The summed E-state index contributed by atoms with van der Waals surface area (Å²) < 4.78 is 32.7. The number of carbonyl (C=O) groups excluding carboxylic acids is 2. The number of ketones is 1. The molecule has 3 heterocycles. The zero-order chi connectivity index (χ0) is 23.3. The highest BCUT2D eigenvalue weighted by Gasteiger charge is 2.35. The van der Waals surface area contributed by atoms with Crippen molar-refractivity contribution >= 4 is 27.2 Å².